The highest BCUT2D eigenvalue weighted by Crippen LogP contribution is 2.40. The Morgan fingerprint density at radius 1 is 1.29 bits per heavy atom. The molecule has 0 radical (unpaired) electrons. The van der Waals surface area contributed by atoms with Crippen LogP contribution >= 0.6 is 0 Å². The quantitative estimate of drug-likeness (QED) is 0.824. The second-order valence-electron chi connectivity index (χ2n) is 5.53. The van der Waals surface area contributed by atoms with Crippen LogP contribution in [0.2, 0.25) is 0 Å². The number of rotatable bonds is 2. The van der Waals surface area contributed by atoms with E-state index in [1.54, 1.807) is 0 Å². The molecule has 1 aliphatic carbocycles. The lowest BCUT2D eigenvalue weighted by molar-refractivity contribution is 0.0972. The molecule has 1 saturated carbocycles. The molecule has 0 amide bonds. The predicted molar refractivity (Wildman–Crippen MR) is 71.1 cm³/mol. The SMILES string of the molecule is Cc1ccc(C2(CN)CCC(O)CC2)c(C)c1. The maximum atomic E-state index is 9.66. The third-order valence-electron chi connectivity index (χ3n) is 4.26. The van der Waals surface area contributed by atoms with Crippen molar-refractivity contribution in [2.24, 2.45) is 5.73 Å². The molecule has 2 heteroatoms. The number of nitrogens with two attached hydrogens (primary N) is 1. The lowest BCUT2D eigenvalue weighted by atomic mass is 9.67. The van der Waals surface area contributed by atoms with Crippen LogP contribution in [0.4, 0.5) is 0 Å². The zero-order valence-electron chi connectivity index (χ0n) is 10.9. The fourth-order valence-electron chi connectivity index (χ4n) is 3.15. The molecular formula is C15H23NO. The lowest BCUT2D eigenvalue weighted by Gasteiger charge is -2.39. The summed E-state index contributed by atoms with van der Waals surface area (Å²) in [6, 6.07) is 6.64. The third kappa shape index (κ3) is 2.38. The van der Waals surface area contributed by atoms with Crippen molar-refractivity contribution in [3.8, 4) is 0 Å². The molecule has 2 rings (SSSR count). The molecule has 0 heterocycles. The average Bonchev–Trinajstić information content (AvgIpc) is 2.31. The van der Waals surface area contributed by atoms with Crippen LogP contribution in [0.1, 0.15) is 42.4 Å². The van der Waals surface area contributed by atoms with Gasteiger partial charge in [0, 0.05) is 12.0 Å². The largest absolute Gasteiger partial charge is 0.393 e. The van der Waals surface area contributed by atoms with Crippen LogP contribution in [0.25, 0.3) is 0 Å². The van der Waals surface area contributed by atoms with E-state index in [1.165, 1.54) is 16.7 Å². The highest BCUT2D eigenvalue weighted by Gasteiger charge is 2.36. The topological polar surface area (TPSA) is 46.2 Å². The Balaban J connectivity index is 2.34. The van der Waals surface area contributed by atoms with Crippen LogP contribution in [0.5, 0.6) is 0 Å². The fourth-order valence-corrected chi connectivity index (χ4v) is 3.15. The van der Waals surface area contributed by atoms with E-state index in [-0.39, 0.29) is 11.5 Å². The highest BCUT2D eigenvalue weighted by atomic mass is 16.3. The van der Waals surface area contributed by atoms with Gasteiger partial charge >= 0.3 is 0 Å². The van der Waals surface area contributed by atoms with Gasteiger partial charge in [0.15, 0.2) is 0 Å². The molecule has 0 spiro atoms. The van der Waals surface area contributed by atoms with E-state index in [4.69, 9.17) is 5.73 Å². The van der Waals surface area contributed by atoms with Crippen LogP contribution < -0.4 is 5.73 Å². The molecule has 94 valence electrons. The summed E-state index contributed by atoms with van der Waals surface area (Å²) in [5.41, 5.74) is 10.2. The third-order valence-corrected chi connectivity index (χ3v) is 4.26. The van der Waals surface area contributed by atoms with Crippen molar-refractivity contribution in [2.45, 2.75) is 51.0 Å². The standard InChI is InChI=1S/C15H23NO/c1-11-3-4-14(12(2)9-11)15(10-16)7-5-13(17)6-8-15/h3-4,9,13,17H,5-8,10,16H2,1-2H3. The van der Waals surface area contributed by atoms with Gasteiger partial charge in [-0.15, -0.1) is 0 Å². The zero-order chi connectivity index (χ0) is 12.5. The molecule has 0 aromatic heterocycles. The summed E-state index contributed by atoms with van der Waals surface area (Å²) in [6.07, 6.45) is 3.65. The summed E-state index contributed by atoms with van der Waals surface area (Å²) in [5, 5.41) is 9.66. The van der Waals surface area contributed by atoms with E-state index < -0.39 is 0 Å². The molecule has 1 aromatic carbocycles. The van der Waals surface area contributed by atoms with Gasteiger partial charge in [-0.3, -0.25) is 0 Å². The normalized spacial score (nSPS) is 29.3. The van der Waals surface area contributed by atoms with Gasteiger partial charge in [-0.25, -0.2) is 0 Å². The molecule has 0 bridgehead atoms. The Kier molecular flexibility index (Phi) is 3.55. The molecule has 1 aromatic rings. The zero-order valence-corrected chi connectivity index (χ0v) is 10.9. The van der Waals surface area contributed by atoms with Gasteiger partial charge in [0.1, 0.15) is 0 Å². The van der Waals surface area contributed by atoms with Gasteiger partial charge in [0.05, 0.1) is 6.10 Å². The predicted octanol–water partition coefficient (Wildman–Crippen LogP) is 2.43. The minimum absolute atomic E-state index is 0.0943. The summed E-state index contributed by atoms with van der Waals surface area (Å²) in [5.74, 6) is 0. The first kappa shape index (κ1) is 12.6. The Bertz CT molecular complexity index is 392. The van der Waals surface area contributed by atoms with Crippen molar-refractivity contribution in [3.05, 3.63) is 34.9 Å². The van der Waals surface area contributed by atoms with Gasteiger partial charge < -0.3 is 10.8 Å². The first-order valence-corrected chi connectivity index (χ1v) is 6.53. The van der Waals surface area contributed by atoms with Crippen molar-refractivity contribution in [1.29, 1.82) is 0 Å². The first-order valence-electron chi connectivity index (χ1n) is 6.53. The van der Waals surface area contributed by atoms with E-state index in [9.17, 15) is 5.11 Å². The van der Waals surface area contributed by atoms with Crippen LogP contribution in [-0.4, -0.2) is 17.8 Å². The molecule has 0 aliphatic heterocycles. The van der Waals surface area contributed by atoms with Gasteiger partial charge in [-0.1, -0.05) is 23.8 Å². The first-order chi connectivity index (χ1) is 8.07. The summed E-state index contributed by atoms with van der Waals surface area (Å²) >= 11 is 0. The second-order valence-corrected chi connectivity index (χ2v) is 5.53. The summed E-state index contributed by atoms with van der Waals surface area (Å²) in [7, 11) is 0. The average molecular weight is 233 g/mol. The van der Waals surface area contributed by atoms with Crippen molar-refractivity contribution in [3.63, 3.8) is 0 Å². The van der Waals surface area contributed by atoms with E-state index in [1.807, 2.05) is 0 Å². The maximum absolute atomic E-state index is 9.66. The molecule has 1 fully saturated rings. The van der Waals surface area contributed by atoms with Gasteiger partial charge in [0.2, 0.25) is 0 Å². The van der Waals surface area contributed by atoms with E-state index in [2.05, 4.69) is 32.0 Å². The number of aliphatic hydroxyl groups is 1. The Morgan fingerprint density at radius 3 is 2.47 bits per heavy atom. The fraction of sp³-hybridized carbons (Fsp3) is 0.600. The van der Waals surface area contributed by atoms with Crippen LogP contribution in [0.3, 0.4) is 0 Å². The highest BCUT2D eigenvalue weighted by molar-refractivity contribution is 5.37. The molecule has 1 aliphatic rings. The number of benzene rings is 1. The Hall–Kier alpha value is -0.860. The second kappa shape index (κ2) is 4.79. The number of aliphatic hydroxyl groups excluding tert-OH is 1. The number of hydrogen-bond acceptors (Lipinski definition) is 2. The molecule has 17 heavy (non-hydrogen) atoms. The van der Waals surface area contributed by atoms with Gasteiger partial charge in [0.25, 0.3) is 0 Å². The minimum Gasteiger partial charge on any atom is -0.393 e. The Morgan fingerprint density at radius 2 is 1.94 bits per heavy atom. The maximum Gasteiger partial charge on any atom is 0.0541 e. The van der Waals surface area contributed by atoms with E-state index >= 15 is 0 Å². The number of aryl methyl sites for hydroxylation is 2. The van der Waals surface area contributed by atoms with E-state index in [0.29, 0.717) is 6.54 Å². The molecular weight excluding hydrogens is 210 g/mol. The molecule has 0 saturated heterocycles. The van der Waals surface area contributed by atoms with Gasteiger partial charge in [-0.05, 0) is 50.7 Å². The monoisotopic (exact) mass is 233 g/mol. The summed E-state index contributed by atoms with van der Waals surface area (Å²) in [6.45, 7) is 4.98. The van der Waals surface area contributed by atoms with Crippen molar-refractivity contribution < 1.29 is 5.11 Å². The minimum atomic E-state index is -0.125. The van der Waals surface area contributed by atoms with Crippen LogP contribution in [-0.2, 0) is 5.41 Å². The number of hydrogen-bond donors (Lipinski definition) is 2. The van der Waals surface area contributed by atoms with Gasteiger partial charge in [-0.2, -0.15) is 0 Å². The van der Waals surface area contributed by atoms with Crippen LogP contribution in [0.15, 0.2) is 18.2 Å². The summed E-state index contributed by atoms with van der Waals surface area (Å²) < 4.78 is 0. The molecule has 0 unspecified atom stereocenters. The van der Waals surface area contributed by atoms with E-state index in [0.717, 1.165) is 25.7 Å². The molecule has 0 atom stereocenters. The molecule has 2 nitrogen and oxygen atoms in total. The lowest BCUT2D eigenvalue weighted by Crippen LogP contribution is -2.40. The smallest absolute Gasteiger partial charge is 0.0541 e. The Labute approximate surface area is 104 Å². The summed E-state index contributed by atoms with van der Waals surface area (Å²) in [4.78, 5) is 0. The van der Waals surface area contributed by atoms with Crippen molar-refractivity contribution in [1.82, 2.24) is 0 Å². The van der Waals surface area contributed by atoms with Crippen molar-refractivity contribution >= 4 is 0 Å². The molecule has 3 N–H and O–H groups in total. The van der Waals surface area contributed by atoms with Crippen LogP contribution in [0, 0.1) is 13.8 Å². The van der Waals surface area contributed by atoms with Crippen molar-refractivity contribution in [2.75, 3.05) is 6.54 Å².